The zero-order valence-electron chi connectivity index (χ0n) is 12.2. The van der Waals surface area contributed by atoms with Crippen molar-refractivity contribution >= 4 is 21.4 Å². The third kappa shape index (κ3) is 4.74. The summed E-state index contributed by atoms with van der Waals surface area (Å²) < 4.78 is 23.1. The number of hydrogen-bond acceptors (Lipinski definition) is 4. The molecule has 6 heteroatoms. The van der Waals surface area contributed by atoms with Gasteiger partial charge in [-0.2, -0.15) is 0 Å². The number of sulfone groups is 1. The van der Waals surface area contributed by atoms with E-state index in [-0.39, 0.29) is 6.04 Å². The molecule has 0 spiro atoms. The van der Waals surface area contributed by atoms with Crippen molar-refractivity contribution in [3.63, 3.8) is 0 Å². The van der Waals surface area contributed by atoms with E-state index in [0.29, 0.717) is 11.6 Å². The first-order chi connectivity index (χ1) is 9.12. The summed E-state index contributed by atoms with van der Waals surface area (Å²) in [5.74, 6) is 0. The second-order valence-electron chi connectivity index (χ2n) is 5.29. The van der Waals surface area contributed by atoms with Crippen molar-refractivity contribution in [2.45, 2.75) is 31.2 Å². The van der Waals surface area contributed by atoms with Crippen LogP contribution in [0.2, 0.25) is 5.02 Å². The van der Waals surface area contributed by atoms with Gasteiger partial charge in [0.2, 0.25) is 0 Å². The van der Waals surface area contributed by atoms with Gasteiger partial charge in [-0.25, -0.2) is 8.42 Å². The van der Waals surface area contributed by atoms with Crippen molar-refractivity contribution in [1.29, 1.82) is 0 Å². The largest absolute Gasteiger partial charge is 0.387 e. The number of aliphatic hydroxyl groups excluding tert-OH is 1. The Hall–Kier alpha value is -0.620. The molecule has 0 aliphatic rings. The number of halogens is 1. The minimum absolute atomic E-state index is 0.182. The maximum absolute atomic E-state index is 11.6. The Bertz CT molecular complexity index is 547. The van der Waals surface area contributed by atoms with Gasteiger partial charge >= 0.3 is 0 Å². The zero-order valence-corrected chi connectivity index (χ0v) is 13.8. The smallest absolute Gasteiger partial charge is 0.151 e. The topological polar surface area (TPSA) is 57.6 Å². The summed E-state index contributed by atoms with van der Waals surface area (Å²) in [4.78, 5) is 1.84. The van der Waals surface area contributed by atoms with Crippen molar-refractivity contribution in [2.24, 2.45) is 0 Å². The van der Waals surface area contributed by atoms with Gasteiger partial charge in [0.25, 0.3) is 0 Å². The van der Waals surface area contributed by atoms with E-state index in [0.717, 1.165) is 5.56 Å². The van der Waals surface area contributed by atoms with E-state index in [1.165, 1.54) is 6.26 Å². The summed E-state index contributed by atoms with van der Waals surface area (Å²) in [5, 5.41) is 10.3. The predicted molar refractivity (Wildman–Crippen MR) is 82.8 cm³/mol. The molecular weight excluding hydrogens is 298 g/mol. The molecule has 0 saturated heterocycles. The van der Waals surface area contributed by atoms with E-state index in [9.17, 15) is 13.5 Å². The molecule has 0 heterocycles. The summed E-state index contributed by atoms with van der Waals surface area (Å²) in [5.41, 5.74) is 0.726. The molecule has 1 aromatic rings. The average molecular weight is 320 g/mol. The minimum Gasteiger partial charge on any atom is -0.387 e. The predicted octanol–water partition coefficient (Wildman–Crippen LogP) is 2.13. The number of benzene rings is 1. The third-order valence-electron chi connectivity index (χ3n) is 3.74. The van der Waals surface area contributed by atoms with Gasteiger partial charge in [0.15, 0.2) is 9.84 Å². The first kappa shape index (κ1) is 17.4. The van der Waals surface area contributed by atoms with Crippen LogP contribution in [0.1, 0.15) is 25.5 Å². The lowest BCUT2D eigenvalue weighted by molar-refractivity contribution is 0.108. The molecule has 1 rings (SSSR count). The van der Waals surface area contributed by atoms with Crippen LogP contribution in [-0.2, 0) is 9.84 Å². The van der Waals surface area contributed by atoms with Gasteiger partial charge in [-0.1, -0.05) is 23.7 Å². The summed E-state index contributed by atoms with van der Waals surface area (Å²) >= 11 is 5.89. The van der Waals surface area contributed by atoms with E-state index < -0.39 is 21.2 Å². The van der Waals surface area contributed by atoms with Gasteiger partial charge in [0.1, 0.15) is 0 Å². The van der Waals surface area contributed by atoms with Crippen LogP contribution >= 0.6 is 11.6 Å². The molecule has 0 aliphatic carbocycles. The van der Waals surface area contributed by atoms with Gasteiger partial charge in [-0.05, 0) is 38.6 Å². The third-order valence-corrected chi connectivity index (χ3v) is 5.72. The van der Waals surface area contributed by atoms with Crippen molar-refractivity contribution in [3.05, 3.63) is 34.9 Å². The fourth-order valence-electron chi connectivity index (χ4n) is 1.97. The first-order valence-corrected chi connectivity index (χ1v) is 8.78. The zero-order chi connectivity index (χ0) is 15.5. The molecule has 0 aliphatic heterocycles. The number of rotatable bonds is 6. The van der Waals surface area contributed by atoms with Crippen molar-refractivity contribution < 1.29 is 13.5 Å². The average Bonchev–Trinajstić information content (AvgIpc) is 2.35. The van der Waals surface area contributed by atoms with Gasteiger partial charge in [-0.3, -0.25) is 4.90 Å². The van der Waals surface area contributed by atoms with Crippen LogP contribution in [0.15, 0.2) is 24.3 Å². The van der Waals surface area contributed by atoms with E-state index in [1.807, 2.05) is 11.8 Å². The molecule has 1 N–H and O–H groups in total. The number of likely N-dealkylation sites (N-methyl/N-ethyl adjacent to an activating group) is 1. The number of aliphatic hydroxyl groups is 1. The Kier molecular flexibility index (Phi) is 6.01. The van der Waals surface area contributed by atoms with Gasteiger partial charge in [0, 0.05) is 23.9 Å². The highest BCUT2D eigenvalue weighted by atomic mass is 35.5. The van der Waals surface area contributed by atoms with Crippen LogP contribution in [0.4, 0.5) is 0 Å². The van der Waals surface area contributed by atoms with E-state index >= 15 is 0 Å². The Labute approximate surface area is 126 Å². The highest BCUT2D eigenvalue weighted by Crippen LogP contribution is 2.20. The number of hydrogen-bond donors (Lipinski definition) is 1. The Morgan fingerprint density at radius 1 is 1.35 bits per heavy atom. The molecule has 4 nitrogen and oxygen atoms in total. The molecule has 0 bridgehead atoms. The molecule has 0 radical (unpaired) electrons. The van der Waals surface area contributed by atoms with Crippen LogP contribution in [-0.4, -0.2) is 49.6 Å². The quantitative estimate of drug-likeness (QED) is 0.872. The Morgan fingerprint density at radius 3 is 2.45 bits per heavy atom. The Morgan fingerprint density at radius 2 is 1.95 bits per heavy atom. The molecule has 0 saturated carbocycles. The van der Waals surface area contributed by atoms with E-state index in [2.05, 4.69) is 0 Å². The maximum atomic E-state index is 11.6. The molecule has 0 fully saturated rings. The Balaban J connectivity index is 2.73. The molecular formula is C14H22ClNO3S. The van der Waals surface area contributed by atoms with Crippen LogP contribution in [0.5, 0.6) is 0 Å². The molecule has 0 amide bonds. The summed E-state index contributed by atoms with van der Waals surface area (Å²) in [6.07, 6.45) is 0.531. The molecule has 1 aromatic carbocycles. The normalized spacial score (nSPS) is 16.9. The number of nitrogens with zero attached hydrogens (tertiary/aromatic N) is 1. The SMILES string of the molecule is CC(C(C)S(C)(=O)=O)N(C)CC(O)c1cccc(Cl)c1. The lowest BCUT2D eigenvalue weighted by Gasteiger charge is -2.30. The molecule has 3 atom stereocenters. The first-order valence-electron chi connectivity index (χ1n) is 6.45. The molecule has 20 heavy (non-hydrogen) atoms. The highest BCUT2D eigenvalue weighted by molar-refractivity contribution is 7.91. The lowest BCUT2D eigenvalue weighted by Crippen LogP contribution is -2.43. The summed E-state index contributed by atoms with van der Waals surface area (Å²) in [6, 6.07) is 6.86. The van der Waals surface area contributed by atoms with Crippen LogP contribution in [0.25, 0.3) is 0 Å². The van der Waals surface area contributed by atoms with Crippen molar-refractivity contribution in [2.75, 3.05) is 19.8 Å². The summed E-state index contributed by atoms with van der Waals surface area (Å²) in [6.45, 7) is 3.88. The summed E-state index contributed by atoms with van der Waals surface area (Å²) in [7, 11) is -1.29. The van der Waals surface area contributed by atoms with Crippen molar-refractivity contribution in [1.82, 2.24) is 4.90 Å². The second kappa shape index (κ2) is 6.89. The van der Waals surface area contributed by atoms with Crippen LogP contribution < -0.4 is 0 Å². The highest BCUT2D eigenvalue weighted by Gasteiger charge is 2.26. The lowest BCUT2D eigenvalue weighted by atomic mass is 10.1. The molecule has 0 aromatic heterocycles. The standard InChI is InChI=1S/C14H22ClNO3S/c1-10(11(2)20(4,18)19)16(3)9-14(17)12-6-5-7-13(15)8-12/h5-8,10-11,14,17H,9H2,1-4H3. The van der Waals surface area contributed by atoms with E-state index in [4.69, 9.17) is 11.6 Å². The van der Waals surface area contributed by atoms with Crippen LogP contribution in [0, 0.1) is 0 Å². The van der Waals surface area contributed by atoms with Crippen LogP contribution in [0.3, 0.4) is 0 Å². The fourth-order valence-corrected chi connectivity index (χ4v) is 3.10. The molecule has 114 valence electrons. The van der Waals surface area contributed by atoms with Crippen molar-refractivity contribution in [3.8, 4) is 0 Å². The van der Waals surface area contributed by atoms with Gasteiger partial charge < -0.3 is 5.11 Å². The fraction of sp³-hybridized carbons (Fsp3) is 0.571. The maximum Gasteiger partial charge on any atom is 0.151 e. The second-order valence-corrected chi connectivity index (χ2v) is 8.12. The van der Waals surface area contributed by atoms with E-state index in [1.54, 1.807) is 38.2 Å². The minimum atomic E-state index is -3.10. The molecule has 3 unspecified atom stereocenters. The van der Waals surface area contributed by atoms with Gasteiger partial charge in [-0.15, -0.1) is 0 Å². The monoisotopic (exact) mass is 319 g/mol. The van der Waals surface area contributed by atoms with Gasteiger partial charge in [0.05, 0.1) is 11.4 Å².